The van der Waals surface area contributed by atoms with E-state index in [1.165, 1.54) is 17.1 Å². The third-order valence-electron chi connectivity index (χ3n) is 0.912. The van der Waals surface area contributed by atoms with Gasteiger partial charge in [0.1, 0.15) is 0 Å². The van der Waals surface area contributed by atoms with Gasteiger partial charge in [-0.2, -0.15) is 0 Å². The first kappa shape index (κ1) is 8.68. The molecular weight excluding hydrogens is 132 g/mol. The molecule has 0 atom stereocenters. The first-order valence-electron chi connectivity index (χ1n) is 2.74. The minimum absolute atomic E-state index is 0.0370. The molecule has 0 aliphatic rings. The Labute approximate surface area is 59.6 Å². The van der Waals surface area contributed by atoms with Crippen LogP contribution in [0.3, 0.4) is 0 Å². The topological polar surface area (TPSA) is 46.4 Å². The highest BCUT2D eigenvalue weighted by Gasteiger charge is 2.08. The Morgan fingerprint density at radius 3 is 2.30 bits per heavy atom. The second-order valence-corrected chi connectivity index (χ2v) is 1.91. The summed E-state index contributed by atoms with van der Waals surface area (Å²) in [5.41, 5.74) is 0. The summed E-state index contributed by atoms with van der Waals surface area (Å²) in [6.07, 6.45) is 2.73. The van der Waals surface area contributed by atoms with Crippen molar-refractivity contribution < 1.29 is 4.92 Å². The molecule has 0 radical (unpaired) electrons. The average molecular weight is 142 g/mol. The van der Waals surface area contributed by atoms with Crippen molar-refractivity contribution >= 4 is 0 Å². The SMILES string of the molecule is C=CC=C(N(C)C)[N+](=O)[O-]. The lowest BCUT2D eigenvalue weighted by molar-refractivity contribution is -0.443. The lowest BCUT2D eigenvalue weighted by Crippen LogP contribution is -2.17. The van der Waals surface area contributed by atoms with Crippen molar-refractivity contribution in [3.05, 3.63) is 34.7 Å². The summed E-state index contributed by atoms with van der Waals surface area (Å²) in [6, 6.07) is 0. The molecule has 0 saturated heterocycles. The number of nitrogens with zero attached hydrogens (tertiary/aromatic N) is 2. The molecule has 4 heteroatoms. The summed E-state index contributed by atoms with van der Waals surface area (Å²) in [6.45, 7) is 3.36. The third-order valence-corrected chi connectivity index (χ3v) is 0.912. The van der Waals surface area contributed by atoms with E-state index in [1.54, 1.807) is 14.1 Å². The number of hydrogen-bond acceptors (Lipinski definition) is 3. The van der Waals surface area contributed by atoms with E-state index < -0.39 is 4.92 Å². The number of nitro groups is 1. The van der Waals surface area contributed by atoms with Gasteiger partial charge in [-0.15, -0.1) is 0 Å². The molecule has 0 aromatic carbocycles. The fourth-order valence-electron chi connectivity index (χ4n) is 0.479. The third kappa shape index (κ3) is 2.30. The van der Waals surface area contributed by atoms with E-state index in [4.69, 9.17) is 0 Å². The Bertz CT molecular complexity index is 173. The predicted molar refractivity (Wildman–Crippen MR) is 39.0 cm³/mol. The first-order valence-corrected chi connectivity index (χ1v) is 2.74. The largest absolute Gasteiger partial charge is 0.358 e. The standard InChI is InChI=1S/C6H10N2O2/c1-4-5-6(7(2)3)8(9)10/h4-5H,1H2,2-3H3. The van der Waals surface area contributed by atoms with E-state index in [0.717, 1.165) is 0 Å². The van der Waals surface area contributed by atoms with Crippen LogP contribution in [0.1, 0.15) is 0 Å². The van der Waals surface area contributed by atoms with Gasteiger partial charge in [0.05, 0.1) is 14.1 Å². The molecule has 0 N–H and O–H groups in total. The molecule has 0 fully saturated rings. The fourth-order valence-corrected chi connectivity index (χ4v) is 0.479. The minimum atomic E-state index is -0.457. The summed E-state index contributed by atoms with van der Waals surface area (Å²) >= 11 is 0. The Kier molecular flexibility index (Phi) is 3.17. The van der Waals surface area contributed by atoms with Gasteiger partial charge in [-0.3, -0.25) is 4.90 Å². The van der Waals surface area contributed by atoms with E-state index in [-0.39, 0.29) is 5.82 Å². The molecule has 0 aliphatic heterocycles. The predicted octanol–water partition coefficient (Wildman–Crippen LogP) is 0.852. The van der Waals surface area contributed by atoms with Gasteiger partial charge in [0.15, 0.2) is 0 Å². The Balaban J connectivity index is 4.41. The second-order valence-electron chi connectivity index (χ2n) is 1.91. The van der Waals surface area contributed by atoms with Crippen LogP contribution < -0.4 is 0 Å². The van der Waals surface area contributed by atoms with Crippen LogP contribution in [0.15, 0.2) is 24.6 Å². The summed E-state index contributed by atoms with van der Waals surface area (Å²) in [4.78, 5) is 11.1. The smallest absolute Gasteiger partial charge is 0.317 e. The molecule has 0 saturated carbocycles. The molecule has 0 unspecified atom stereocenters. The van der Waals surface area contributed by atoms with E-state index >= 15 is 0 Å². The number of hydrogen-bond donors (Lipinski definition) is 0. The van der Waals surface area contributed by atoms with Gasteiger partial charge in [0.25, 0.3) is 0 Å². The van der Waals surface area contributed by atoms with E-state index in [1.807, 2.05) is 0 Å². The first-order chi connectivity index (χ1) is 4.59. The zero-order valence-electron chi connectivity index (χ0n) is 6.07. The Morgan fingerprint density at radius 2 is 2.20 bits per heavy atom. The lowest BCUT2D eigenvalue weighted by atomic mass is 10.5. The van der Waals surface area contributed by atoms with Crippen molar-refractivity contribution in [2.75, 3.05) is 14.1 Å². The molecule has 0 aromatic heterocycles. The molecule has 0 spiro atoms. The maximum atomic E-state index is 10.2. The van der Waals surface area contributed by atoms with Crippen molar-refractivity contribution in [3.8, 4) is 0 Å². The van der Waals surface area contributed by atoms with Crippen molar-refractivity contribution in [2.24, 2.45) is 0 Å². The van der Waals surface area contributed by atoms with Crippen LogP contribution >= 0.6 is 0 Å². The van der Waals surface area contributed by atoms with Gasteiger partial charge in [0, 0.05) is 6.08 Å². The van der Waals surface area contributed by atoms with Crippen LogP contribution in [0.25, 0.3) is 0 Å². The van der Waals surface area contributed by atoms with E-state index in [2.05, 4.69) is 6.58 Å². The maximum Gasteiger partial charge on any atom is 0.317 e. The van der Waals surface area contributed by atoms with Crippen molar-refractivity contribution in [2.45, 2.75) is 0 Å². The summed E-state index contributed by atoms with van der Waals surface area (Å²) in [7, 11) is 3.22. The summed E-state index contributed by atoms with van der Waals surface area (Å²) in [5.74, 6) is 0.0370. The molecule has 56 valence electrons. The quantitative estimate of drug-likeness (QED) is 0.333. The van der Waals surface area contributed by atoms with E-state index in [9.17, 15) is 10.1 Å². The van der Waals surface area contributed by atoms with Gasteiger partial charge >= 0.3 is 5.82 Å². The highest BCUT2D eigenvalue weighted by atomic mass is 16.6. The van der Waals surface area contributed by atoms with Crippen LogP contribution in [-0.2, 0) is 0 Å². The van der Waals surface area contributed by atoms with Crippen LogP contribution in [0.2, 0.25) is 0 Å². The molecular formula is C6H10N2O2. The molecule has 0 aliphatic carbocycles. The van der Waals surface area contributed by atoms with Gasteiger partial charge in [-0.05, 0) is 4.92 Å². The summed E-state index contributed by atoms with van der Waals surface area (Å²) < 4.78 is 0. The van der Waals surface area contributed by atoms with Gasteiger partial charge < -0.3 is 10.1 Å². The number of rotatable bonds is 3. The van der Waals surface area contributed by atoms with Crippen LogP contribution in [0.4, 0.5) is 0 Å². The molecule has 4 nitrogen and oxygen atoms in total. The van der Waals surface area contributed by atoms with E-state index in [0.29, 0.717) is 0 Å². The normalized spacial score (nSPS) is 10.8. The van der Waals surface area contributed by atoms with Gasteiger partial charge in [0.2, 0.25) is 0 Å². The molecule has 0 heterocycles. The maximum absolute atomic E-state index is 10.2. The molecule has 0 amide bonds. The second kappa shape index (κ2) is 3.66. The van der Waals surface area contributed by atoms with Crippen molar-refractivity contribution in [1.29, 1.82) is 0 Å². The Morgan fingerprint density at radius 1 is 1.70 bits per heavy atom. The summed E-state index contributed by atoms with van der Waals surface area (Å²) in [5, 5.41) is 10.2. The molecule has 0 aromatic rings. The number of allylic oxidation sites excluding steroid dienone is 2. The molecule has 0 bridgehead atoms. The zero-order valence-corrected chi connectivity index (χ0v) is 6.07. The molecule has 10 heavy (non-hydrogen) atoms. The van der Waals surface area contributed by atoms with Crippen molar-refractivity contribution in [3.63, 3.8) is 0 Å². The van der Waals surface area contributed by atoms with Gasteiger partial charge in [-0.25, -0.2) is 0 Å². The highest BCUT2D eigenvalue weighted by Crippen LogP contribution is 1.97. The minimum Gasteiger partial charge on any atom is -0.358 e. The van der Waals surface area contributed by atoms with Crippen LogP contribution in [0.5, 0.6) is 0 Å². The molecule has 0 rings (SSSR count). The average Bonchev–Trinajstić information content (AvgIpc) is 1.81. The van der Waals surface area contributed by atoms with Gasteiger partial charge in [-0.1, -0.05) is 12.7 Å². The monoisotopic (exact) mass is 142 g/mol. The van der Waals surface area contributed by atoms with Crippen molar-refractivity contribution in [1.82, 2.24) is 4.90 Å². The Hall–Kier alpha value is -1.32. The van der Waals surface area contributed by atoms with Crippen LogP contribution in [0, 0.1) is 10.1 Å². The fraction of sp³-hybridized carbons (Fsp3) is 0.333. The zero-order chi connectivity index (χ0) is 8.15. The highest BCUT2D eigenvalue weighted by molar-refractivity contribution is 5.01. The lowest BCUT2D eigenvalue weighted by Gasteiger charge is -2.06. The van der Waals surface area contributed by atoms with Crippen LogP contribution in [-0.4, -0.2) is 23.9 Å².